The highest BCUT2D eigenvalue weighted by molar-refractivity contribution is 5.32. The van der Waals surface area contributed by atoms with E-state index in [1.165, 1.54) is 19.3 Å². The first-order valence-corrected chi connectivity index (χ1v) is 7.13. The Kier molecular flexibility index (Phi) is 6.69. The van der Waals surface area contributed by atoms with Gasteiger partial charge < -0.3 is 0 Å². The summed E-state index contributed by atoms with van der Waals surface area (Å²) in [6, 6.07) is 14.6. The van der Waals surface area contributed by atoms with Gasteiger partial charge in [-0.05, 0) is 18.4 Å². The molecule has 0 aliphatic heterocycles. The van der Waals surface area contributed by atoms with Crippen LogP contribution in [0.5, 0.6) is 0 Å². The summed E-state index contributed by atoms with van der Waals surface area (Å²) in [6.07, 6.45) is 6.57. The number of nitriles is 2. The molecule has 0 aromatic heterocycles. The summed E-state index contributed by atoms with van der Waals surface area (Å²) >= 11 is 0. The second-order valence-corrected chi connectivity index (χ2v) is 5.03. The molecule has 0 radical (unpaired) electrons. The molecule has 0 unspecified atom stereocenters. The molecule has 2 heteroatoms. The fraction of sp³-hybridized carbons (Fsp3) is 0.529. The van der Waals surface area contributed by atoms with E-state index in [0.29, 0.717) is 12.8 Å². The molecule has 0 bridgehead atoms. The number of benzene rings is 1. The van der Waals surface area contributed by atoms with E-state index < -0.39 is 5.41 Å². The fourth-order valence-corrected chi connectivity index (χ4v) is 2.47. The maximum Gasteiger partial charge on any atom is 0.0832 e. The molecule has 0 heterocycles. The first-order valence-electron chi connectivity index (χ1n) is 7.13. The molecule has 0 aliphatic rings. The molecule has 1 rings (SSSR count). The Labute approximate surface area is 116 Å². The monoisotopic (exact) mass is 254 g/mol. The Balaban J connectivity index is 2.83. The minimum Gasteiger partial charge on any atom is -0.198 e. The Morgan fingerprint density at radius 2 is 1.74 bits per heavy atom. The molecule has 0 spiro atoms. The van der Waals surface area contributed by atoms with E-state index in [2.05, 4.69) is 19.1 Å². The molecule has 1 aromatic rings. The number of hydrogen-bond donors (Lipinski definition) is 0. The summed E-state index contributed by atoms with van der Waals surface area (Å²) in [4.78, 5) is 0. The fourth-order valence-electron chi connectivity index (χ4n) is 2.47. The predicted molar refractivity (Wildman–Crippen MR) is 77.3 cm³/mol. The quantitative estimate of drug-likeness (QED) is 0.630. The largest absolute Gasteiger partial charge is 0.198 e. The summed E-state index contributed by atoms with van der Waals surface area (Å²) in [7, 11) is 0. The molecule has 19 heavy (non-hydrogen) atoms. The van der Waals surface area contributed by atoms with Crippen molar-refractivity contribution in [2.45, 2.75) is 57.3 Å². The van der Waals surface area contributed by atoms with E-state index in [4.69, 9.17) is 5.26 Å². The van der Waals surface area contributed by atoms with Crippen LogP contribution in [0.4, 0.5) is 0 Å². The van der Waals surface area contributed by atoms with Crippen LogP contribution in [0.3, 0.4) is 0 Å². The molecule has 0 fully saturated rings. The summed E-state index contributed by atoms with van der Waals surface area (Å²) in [5, 5.41) is 18.5. The van der Waals surface area contributed by atoms with Gasteiger partial charge in [-0.25, -0.2) is 0 Å². The second kappa shape index (κ2) is 8.33. The molecule has 0 aliphatic carbocycles. The standard InChI is InChI=1S/C17H22N2/c1-2-3-4-8-12-17(15-19,13-9-14-18)16-10-6-5-7-11-16/h5-7,10-11H,2-4,8-9,12-13H2,1H3/t17-/m1/s1. The van der Waals surface area contributed by atoms with Crippen molar-refractivity contribution in [3.05, 3.63) is 35.9 Å². The molecule has 1 aromatic carbocycles. The molecule has 1 atom stereocenters. The van der Waals surface area contributed by atoms with Gasteiger partial charge in [-0.15, -0.1) is 0 Å². The Morgan fingerprint density at radius 3 is 2.32 bits per heavy atom. The van der Waals surface area contributed by atoms with Crippen LogP contribution in [0.15, 0.2) is 30.3 Å². The number of nitrogens with zero attached hydrogens (tertiary/aromatic N) is 2. The Morgan fingerprint density at radius 1 is 1.00 bits per heavy atom. The molecule has 2 nitrogen and oxygen atoms in total. The smallest absolute Gasteiger partial charge is 0.0832 e. The summed E-state index contributed by atoms with van der Waals surface area (Å²) in [5.74, 6) is 0. The zero-order valence-electron chi connectivity index (χ0n) is 11.7. The van der Waals surface area contributed by atoms with Gasteiger partial charge in [0.2, 0.25) is 0 Å². The van der Waals surface area contributed by atoms with Crippen LogP contribution in [0, 0.1) is 22.7 Å². The normalized spacial score (nSPS) is 13.2. The van der Waals surface area contributed by atoms with E-state index in [0.717, 1.165) is 18.4 Å². The SMILES string of the molecule is CCCCCC[C@](C#N)(CCC#N)c1ccccc1. The van der Waals surface area contributed by atoms with Crippen molar-refractivity contribution < 1.29 is 0 Å². The molecule has 0 saturated carbocycles. The summed E-state index contributed by atoms with van der Waals surface area (Å²) < 4.78 is 0. The van der Waals surface area contributed by atoms with Gasteiger partial charge in [0.15, 0.2) is 0 Å². The van der Waals surface area contributed by atoms with Crippen LogP contribution in [-0.2, 0) is 5.41 Å². The lowest BCUT2D eigenvalue weighted by molar-refractivity contribution is 0.441. The summed E-state index contributed by atoms with van der Waals surface area (Å²) in [5.41, 5.74) is 0.578. The number of rotatable bonds is 8. The van der Waals surface area contributed by atoms with E-state index in [9.17, 15) is 5.26 Å². The highest BCUT2D eigenvalue weighted by Gasteiger charge is 2.31. The molecular formula is C17H22N2. The molecule has 0 saturated heterocycles. The van der Waals surface area contributed by atoms with Crippen LogP contribution in [0.2, 0.25) is 0 Å². The minimum absolute atomic E-state index is 0.441. The average molecular weight is 254 g/mol. The van der Waals surface area contributed by atoms with E-state index in [-0.39, 0.29) is 0 Å². The van der Waals surface area contributed by atoms with Crippen LogP contribution in [-0.4, -0.2) is 0 Å². The molecule has 0 amide bonds. The van der Waals surface area contributed by atoms with Gasteiger partial charge in [0.1, 0.15) is 0 Å². The van der Waals surface area contributed by atoms with Crippen molar-refractivity contribution in [2.75, 3.05) is 0 Å². The van der Waals surface area contributed by atoms with Crippen LogP contribution < -0.4 is 0 Å². The highest BCUT2D eigenvalue weighted by Crippen LogP contribution is 2.34. The third-order valence-electron chi connectivity index (χ3n) is 3.66. The lowest BCUT2D eigenvalue weighted by Gasteiger charge is -2.26. The Bertz CT molecular complexity index is 439. The van der Waals surface area contributed by atoms with Gasteiger partial charge in [-0.3, -0.25) is 0 Å². The van der Waals surface area contributed by atoms with E-state index >= 15 is 0 Å². The molecular weight excluding hydrogens is 232 g/mol. The van der Waals surface area contributed by atoms with Crippen molar-refractivity contribution in [2.24, 2.45) is 0 Å². The Hall–Kier alpha value is -1.80. The zero-order chi connectivity index (χ0) is 14.0. The minimum atomic E-state index is -0.481. The third kappa shape index (κ3) is 4.42. The van der Waals surface area contributed by atoms with Crippen molar-refractivity contribution in [3.8, 4) is 12.1 Å². The average Bonchev–Trinajstić information content (AvgIpc) is 2.48. The van der Waals surface area contributed by atoms with Crippen molar-refractivity contribution in [1.82, 2.24) is 0 Å². The van der Waals surface area contributed by atoms with Crippen molar-refractivity contribution >= 4 is 0 Å². The first kappa shape index (κ1) is 15.3. The van der Waals surface area contributed by atoms with Crippen LogP contribution >= 0.6 is 0 Å². The van der Waals surface area contributed by atoms with Crippen molar-refractivity contribution in [3.63, 3.8) is 0 Å². The maximum absolute atomic E-state index is 9.65. The van der Waals surface area contributed by atoms with Crippen molar-refractivity contribution in [1.29, 1.82) is 10.5 Å². The third-order valence-corrected chi connectivity index (χ3v) is 3.66. The van der Waals surface area contributed by atoms with Crippen LogP contribution in [0.1, 0.15) is 57.4 Å². The highest BCUT2D eigenvalue weighted by atomic mass is 14.4. The van der Waals surface area contributed by atoms with Gasteiger partial charge in [0, 0.05) is 6.42 Å². The van der Waals surface area contributed by atoms with Gasteiger partial charge in [0.25, 0.3) is 0 Å². The van der Waals surface area contributed by atoms with E-state index in [1.807, 2.05) is 30.3 Å². The maximum atomic E-state index is 9.65. The number of hydrogen-bond acceptors (Lipinski definition) is 2. The van der Waals surface area contributed by atoms with Gasteiger partial charge in [0.05, 0.1) is 17.6 Å². The van der Waals surface area contributed by atoms with Gasteiger partial charge in [-0.2, -0.15) is 10.5 Å². The second-order valence-electron chi connectivity index (χ2n) is 5.03. The molecule has 0 N–H and O–H groups in total. The summed E-state index contributed by atoms with van der Waals surface area (Å²) in [6.45, 7) is 2.18. The van der Waals surface area contributed by atoms with Gasteiger partial charge in [-0.1, -0.05) is 62.9 Å². The lowest BCUT2D eigenvalue weighted by atomic mass is 9.74. The van der Waals surface area contributed by atoms with Gasteiger partial charge >= 0.3 is 0 Å². The first-order chi connectivity index (χ1) is 9.29. The topological polar surface area (TPSA) is 47.6 Å². The van der Waals surface area contributed by atoms with E-state index in [1.54, 1.807) is 0 Å². The molecule has 100 valence electrons. The van der Waals surface area contributed by atoms with Crippen LogP contribution in [0.25, 0.3) is 0 Å². The lowest BCUT2D eigenvalue weighted by Crippen LogP contribution is -2.24. The zero-order valence-corrected chi connectivity index (χ0v) is 11.7. The predicted octanol–water partition coefficient (Wildman–Crippen LogP) is 4.72. The number of unbranched alkanes of at least 4 members (excludes halogenated alkanes) is 3.